The standard InChI is InChI=1S/C15H20FN3O2/c1-14(2)11(15(14,3)4)13(20)18-9-7-5-6-8(16)10(9)12(17)19-21/h5-7,11,21H,1-4H3,(H2,17,19)(H,18,20). The van der Waals surface area contributed by atoms with Crippen LogP contribution < -0.4 is 11.1 Å². The van der Waals surface area contributed by atoms with Gasteiger partial charge in [-0.2, -0.15) is 0 Å². The molecule has 0 atom stereocenters. The van der Waals surface area contributed by atoms with Crippen molar-refractivity contribution in [3.63, 3.8) is 0 Å². The summed E-state index contributed by atoms with van der Waals surface area (Å²) in [5.74, 6) is -1.40. The summed E-state index contributed by atoms with van der Waals surface area (Å²) in [6.45, 7) is 8.08. The van der Waals surface area contributed by atoms with Crippen molar-refractivity contribution >= 4 is 17.4 Å². The SMILES string of the molecule is CC1(C)C(C(=O)Nc2cccc(F)c2C(N)=NO)C1(C)C. The fraction of sp³-hybridized carbons (Fsp3) is 0.467. The Morgan fingerprint density at radius 1 is 1.33 bits per heavy atom. The van der Waals surface area contributed by atoms with Crippen molar-refractivity contribution in [2.75, 3.05) is 5.32 Å². The zero-order chi connectivity index (χ0) is 16.0. The molecule has 1 saturated carbocycles. The van der Waals surface area contributed by atoms with Gasteiger partial charge in [-0.1, -0.05) is 38.9 Å². The van der Waals surface area contributed by atoms with Gasteiger partial charge in [-0.3, -0.25) is 4.79 Å². The number of amidine groups is 1. The summed E-state index contributed by atoms with van der Waals surface area (Å²) in [7, 11) is 0. The molecule has 1 aliphatic rings. The number of nitrogens with two attached hydrogens (primary N) is 1. The van der Waals surface area contributed by atoms with Crippen LogP contribution in [-0.2, 0) is 4.79 Å². The first-order valence-electron chi connectivity index (χ1n) is 6.72. The smallest absolute Gasteiger partial charge is 0.228 e. The summed E-state index contributed by atoms with van der Waals surface area (Å²) in [5, 5.41) is 14.2. The maximum atomic E-state index is 13.8. The lowest BCUT2D eigenvalue weighted by molar-refractivity contribution is -0.118. The summed E-state index contributed by atoms with van der Waals surface area (Å²) in [4.78, 5) is 12.4. The first kappa shape index (κ1) is 15.3. The Balaban J connectivity index is 2.30. The number of rotatable bonds is 3. The lowest BCUT2D eigenvalue weighted by Crippen LogP contribution is -2.23. The second kappa shape index (κ2) is 4.72. The summed E-state index contributed by atoms with van der Waals surface area (Å²) in [5.41, 5.74) is 5.33. The second-order valence-electron chi connectivity index (χ2n) is 6.51. The molecule has 1 aromatic carbocycles. The van der Waals surface area contributed by atoms with Gasteiger partial charge in [0.15, 0.2) is 5.84 Å². The van der Waals surface area contributed by atoms with Gasteiger partial charge in [0.05, 0.1) is 11.3 Å². The van der Waals surface area contributed by atoms with E-state index in [1.165, 1.54) is 18.2 Å². The molecule has 0 radical (unpaired) electrons. The van der Waals surface area contributed by atoms with Crippen molar-refractivity contribution in [3.8, 4) is 0 Å². The van der Waals surface area contributed by atoms with Crippen molar-refractivity contribution in [3.05, 3.63) is 29.6 Å². The number of oxime groups is 1. The number of amides is 1. The van der Waals surface area contributed by atoms with E-state index in [-0.39, 0.29) is 39.7 Å². The molecule has 0 aromatic heterocycles. The lowest BCUT2D eigenvalue weighted by Gasteiger charge is -2.11. The quantitative estimate of drug-likeness (QED) is 0.346. The van der Waals surface area contributed by atoms with Crippen LogP contribution in [0.1, 0.15) is 33.3 Å². The van der Waals surface area contributed by atoms with Crippen molar-refractivity contribution in [2.24, 2.45) is 27.6 Å². The van der Waals surface area contributed by atoms with Crippen LogP contribution in [0.3, 0.4) is 0 Å². The first-order chi connectivity index (χ1) is 9.64. The van der Waals surface area contributed by atoms with E-state index in [1.54, 1.807) is 0 Å². The third kappa shape index (κ3) is 2.24. The molecule has 0 bridgehead atoms. The molecule has 0 spiro atoms. The predicted octanol–water partition coefficient (Wildman–Crippen LogP) is 2.54. The van der Waals surface area contributed by atoms with Gasteiger partial charge in [0.25, 0.3) is 0 Å². The topological polar surface area (TPSA) is 87.7 Å². The van der Waals surface area contributed by atoms with Crippen molar-refractivity contribution < 1.29 is 14.4 Å². The van der Waals surface area contributed by atoms with E-state index in [4.69, 9.17) is 10.9 Å². The molecule has 1 aromatic rings. The highest BCUT2D eigenvalue weighted by Crippen LogP contribution is 2.68. The van der Waals surface area contributed by atoms with Crippen LogP contribution in [0.4, 0.5) is 10.1 Å². The van der Waals surface area contributed by atoms with Gasteiger partial charge < -0.3 is 16.3 Å². The molecule has 1 amide bonds. The summed E-state index contributed by atoms with van der Waals surface area (Å²) in [6, 6.07) is 4.17. The van der Waals surface area contributed by atoms with Gasteiger partial charge >= 0.3 is 0 Å². The molecule has 4 N–H and O–H groups in total. The lowest BCUT2D eigenvalue weighted by atomic mass is 10.0. The molecule has 5 nitrogen and oxygen atoms in total. The predicted molar refractivity (Wildman–Crippen MR) is 78.6 cm³/mol. The minimum absolute atomic E-state index is 0.107. The van der Waals surface area contributed by atoms with Gasteiger partial charge in [-0.25, -0.2) is 4.39 Å². The average Bonchev–Trinajstić information content (AvgIpc) is 2.79. The Morgan fingerprint density at radius 2 is 1.90 bits per heavy atom. The molecule has 2 rings (SSSR count). The highest BCUT2D eigenvalue weighted by atomic mass is 19.1. The average molecular weight is 293 g/mol. The fourth-order valence-corrected chi connectivity index (χ4v) is 3.00. The molecular formula is C15H20FN3O2. The number of benzene rings is 1. The van der Waals surface area contributed by atoms with Gasteiger partial charge in [0.1, 0.15) is 5.82 Å². The van der Waals surface area contributed by atoms with Crippen molar-refractivity contribution in [1.29, 1.82) is 0 Å². The molecule has 114 valence electrons. The minimum atomic E-state index is -0.655. The van der Waals surface area contributed by atoms with Gasteiger partial charge in [0.2, 0.25) is 5.91 Å². The zero-order valence-electron chi connectivity index (χ0n) is 12.6. The third-order valence-corrected chi connectivity index (χ3v) is 4.92. The van der Waals surface area contributed by atoms with E-state index in [9.17, 15) is 9.18 Å². The number of carbonyl (C=O) groups is 1. The number of anilines is 1. The molecule has 0 saturated heterocycles. The Kier molecular flexibility index (Phi) is 3.43. The first-order valence-corrected chi connectivity index (χ1v) is 6.72. The molecule has 0 aliphatic heterocycles. The van der Waals surface area contributed by atoms with Crippen LogP contribution in [-0.4, -0.2) is 17.0 Å². The van der Waals surface area contributed by atoms with E-state index >= 15 is 0 Å². The van der Waals surface area contributed by atoms with E-state index in [1.807, 2.05) is 27.7 Å². The van der Waals surface area contributed by atoms with Crippen LogP contribution in [0.25, 0.3) is 0 Å². The number of nitrogens with one attached hydrogen (secondary N) is 1. The summed E-state index contributed by atoms with van der Waals surface area (Å²) in [6.07, 6.45) is 0. The van der Waals surface area contributed by atoms with Crippen molar-refractivity contribution in [1.82, 2.24) is 0 Å². The zero-order valence-corrected chi connectivity index (χ0v) is 12.6. The fourth-order valence-electron chi connectivity index (χ4n) is 3.00. The van der Waals surface area contributed by atoms with Crippen LogP contribution in [0, 0.1) is 22.6 Å². The molecule has 21 heavy (non-hydrogen) atoms. The van der Waals surface area contributed by atoms with Gasteiger partial charge in [0, 0.05) is 5.92 Å². The Bertz CT molecular complexity index is 609. The van der Waals surface area contributed by atoms with Crippen LogP contribution in [0.15, 0.2) is 23.4 Å². The van der Waals surface area contributed by atoms with Crippen molar-refractivity contribution in [2.45, 2.75) is 27.7 Å². The number of halogens is 1. The minimum Gasteiger partial charge on any atom is -0.409 e. The van der Waals surface area contributed by atoms with E-state index in [0.29, 0.717) is 0 Å². The highest BCUT2D eigenvalue weighted by molar-refractivity contribution is 6.06. The molecule has 6 heteroatoms. The van der Waals surface area contributed by atoms with Gasteiger partial charge in [-0.15, -0.1) is 0 Å². The van der Waals surface area contributed by atoms with Crippen LogP contribution >= 0.6 is 0 Å². The molecule has 1 fully saturated rings. The number of hydrogen-bond donors (Lipinski definition) is 3. The summed E-state index contributed by atoms with van der Waals surface area (Å²) >= 11 is 0. The molecule has 0 heterocycles. The van der Waals surface area contributed by atoms with Crippen LogP contribution in [0.5, 0.6) is 0 Å². The number of nitrogens with zero attached hydrogens (tertiary/aromatic N) is 1. The van der Waals surface area contributed by atoms with E-state index in [2.05, 4.69) is 10.5 Å². The third-order valence-electron chi connectivity index (χ3n) is 4.92. The second-order valence-corrected chi connectivity index (χ2v) is 6.51. The molecular weight excluding hydrogens is 273 g/mol. The molecule has 0 unspecified atom stereocenters. The Hall–Kier alpha value is -2.11. The Morgan fingerprint density at radius 3 is 2.38 bits per heavy atom. The summed E-state index contributed by atoms with van der Waals surface area (Å²) < 4.78 is 13.8. The van der Waals surface area contributed by atoms with Crippen LogP contribution in [0.2, 0.25) is 0 Å². The Labute approximate surface area is 123 Å². The number of hydrogen-bond acceptors (Lipinski definition) is 3. The molecule has 1 aliphatic carbocycles. The maximum Gasteiger partial charge on any atom is 0.228 e. The largest absolute Gasteiger partial charge is 0.409 e. The monoisotopic (exact) mass is 293 g/mol. The van der Waals surface area contributed by atoms with Gasteiger partial charge in [-0.05, 0) is 23.0 Å². The van der Waals surface area contributed by atoms with E-state index < -0.39 is 5.82 Å². The highest BCUT2D eigenvalue weighted by Gasteiger charge is 2.68. The number of carbonyl (C=O) groups excluding carboxylic acids is 1. The maximum absolute atomic E-state index is 13.8. The normalized spacial score (nSPS) is 20.1. The van der Waals surface area contributed by atoms with E-state index in [0.717, 1.165) is 0 Å².